The van der Waals surface area contributed by atoms with Crippen LogP contribution in [0.15, 0.2) is 18.2 Å². The summed E-state index contributed by atoms with van der Waals surface area (Å²) in [4.78, 5) is 24.2. The number of fused-ring (bicyclic) bond motifs is 1. The van der Waals surface area contributed by atoms with E-state index in [0.717, 1.165) is 25.7 Å². The maximum atomic E-state index is 12.4. The molecule has 0 saturated heterocycles. The van der Waals surface area contributed by atoms with Gasteiger partial charge in [0.15, 0.2) is 0 Å². The molecule has 180 valence electrons. The molecular formula is C26H42N2O4. The van der Waals surface area contributed by atoms with Gasteiger partial charge >= 0.3 is 5.97 Å². The summed E-state index contributed by atoms with van der Waals surface area (Å²) < 4.78 is 11.0. The van der Waals surface area contributed by atoms with Gasteiger partial charge in [0.25, 0.3) is 0 Å². The highest BCUT2D eigenvalue weighted by Gasteiger charge is 2.46. The molecule has 1 aromatic carbocycles. The van der Waals surface area contributed by atoms with Gasteiger partial charge in [-0.3, -0.25) is 9.59 Å². The summed E-state index contributed by atoms with van der Waals surface area (Å²) in [5, 5.41) is 3.75. The van der Waals surface area contributed by atoms with Gasteiger partial charge in [-0.25, -0.2) is 0 Å². The lowest BCUT2D eigenvalue weighted by Gasteiger charge is -2.49. The lowest BCUT2D eigenvalue weighted by Crippen LogP contribution is -2.59. The fourth-order valence-corrected chi connectivity index (χ4v) is 5.47. The summed E-state index contributed by atoms with van der Waals surface area (Å²) in [6.07, 6.45) is 4.05. The molecule has 0 fully saturated rings. The van der Waals surface area contributed by atoms with E-state index in [9.17, 15) is 9.59 Å². The summed E-state index contributed by atoms with van der Waals surface area (Å²) in [5.41, 5.74) is 8.38. The number of carbonyl (C=O) groups is 2. The van der Waals surface area contributed by atoms with Crippen LogP contribution >= 0.6 is 0 Å². The van der Waals surface area contributed by atoms with Crippen LogP contribution in [0, 0.1) is 11.3 Å². The van der Waals surface area contributed by atoms with E-state index >= 15 is 0 Å². The van der Waals surface area contributed by atoms with Crippen molar-refractivity contribution in [3.05, 3.63) is 34.9 Å². The lowest BCUT2D eigenvalue weighted by molar-refractivity contribution is -0.146. The Morgan fingerprint density at radius 2 is 1.88 bits per heavy atom. The molecule has 0 bridgehead atoms. The van der Waals surface area contributed by atoms with Gasteiger partial charge in [-0.05, 0) is 60.9 Å². The Labute approximate surface area is 193 Å². The summed E-state index contributed by atoms with van der Waals surface area (Å²) >= 11 is 0. The number of carbonyl (C=O) groups excluding carboxylic acids is 2. The van der Waals surface area contributed by atoms with Crippen molar-refractivity contribution in [2.24, 2.45) is 17.1 Å². The molecule has 3 atom stereocenters. The van der Waals surface area contributed by atoms with E-state index in [4.69, 9.17) is 15.2 Å². The largest absolute Gasteiger partial charge is 0.469 e. The van der Waals surface area contributed by atoms with Crippen LogP contribution in [-0.2, 0) is 26.1 Å². The number of benzene rings is 1. The van der Waals surface area contributed by atoms with Crippen molar-refractivity contribution in [2.45, 2.75) is 84.3 Å². The van der Waals surface area contributed by atoms with E-state index in [1.54, 1.807) is 7.11 Å². The Balaban J connectivity index is 2.33. The predicted molar refractivity (Wildman–Crippen MR) is 128 cm³/mol. The third-order valence-electron chi connectivity index (χ3n) is 7.13. The minimum absolute atomic E-state index is 0.000945. The molecule has 0 aromatic heterocycles. The quantitative estimate of drug-likeness (QED) is 0.531. The van der Waals surface area contributed by atoms with Gasteiger partial charge < -0.3 is 20.5 Å². The van der Waals surface area contributed by atoms with Gasteiger partial charge in [-0.1, -0.05) is 40.7 Å². The highest BCUT2D eigenvalue weighted by molar-refractivity contribution is 5.93. The van der Waals surface area contributed by atoms with Gasteiger partial charge in [0.1, 0.15) is 0 Å². The zero-order valence-electron chi connectivity index (χ0n) is 20.9. The molecule has 1 aliphatic rings. The normalized spacial score (nSPS) is 21.0. The lowest BCUT2D eigenvalue weighted by atomic mass is 9.62. The number of nitrogens with two attached hydrogens (primary N) is 1. The Morgan fingerprint density at radius 1 is 1.22 bits per heavy atom. The number of ether oxygens (including phenoxy) is 2. The van der Waals surface area contributed by atoms with Gasteiger partial charge in [0.05, 0.1) is 19.1 Å². The first-order chi connectivity index (χ1) is 15.0. The van der Waals surface area contributed by atoms with E-state index in [2.05, 4.69) is 39.9 Å². The monoisotopic (exact) mass is 446 g/mol. The average molecular weight is 447 g/mol. The molecule has 6 heteroatoms. The first-order valence-electron chi connectivity index (χ1n) is 11.8. The fourth-order valence-electron chi connectivity index (χ4n) is 5.47. The zero-order chi connectivity index (χ0) is 24.1. The number of rotatable bonds is 10. The highest BCUT2D eigenvalue weighted by Crippen LogP contribution is 2.44. The van der Waals surface area contributed by atoms with E-state index in [-0.39, 0.29) is 34.9 Å². The minimum atomic E-state index is -0.407. The smallest absolute Gasteiger partial charge is 0.308 e. The number of hydrogen-bond donors (Lipinski definition) is 2. The maximum absolute atomic E-state index is 12.4. The van der Waals surface area contributed by atoms with E-state index in [1.165, 1.54) is 18.2 Å². The van der Waals surface area contributed by atoms with Crippen LogP contribution in [0.2, 0.25) is 0 Å². The molecule has 0 aliphatic heterocycles. The van der Waals surface area contributed by atoms with Crippen LogP contribution in [0.1, 0.15) is 81.8 Å². The second-order valence-corrected chi connectivity index (χ2v) is 10.3. The topological polar surface area (TPSA) is 90.7 Å². The molecule has 6 nitrogen and oxygen atoms in total. The molecule has 0 radical (unpaired) electrons. The maximum Gasteiger partial charge on any atom is 0.308 e. The number of esters is 1. The molecule has 0 spiro atoms. The Morgan fingerprint density at radius 3 is 2.38 bits per heavy atom. The van der Waals surface area contributed by atoms with Crippen molar-refractivity contribution in [1.82, 2.24) is 5.32 Å². The average Bonchev–Trinajstić information content (AvgIpc) is 2.75. The van der Waals surface area contributed by atoms with Crippen molar-refractivity contribution in [3.63, 3.8) is 0 Å². The summed E-state index contributed by atoms with van der Waals surface area (Å²) in [6, 6.07) is 5.87. The third kappa shape index (κ3) is 5.70. The molecule has 32 heavy (non-hydrogen) atoms. The Hall–Kier alpha value is -1.92. The SMILES string of the molecule is CCC1(CC)c2cc(C(N)=O)ccc2C[C@@H](OC)[C@H]1NCC[C@@H](CC(C)(C)C)C(=O)OC. The first kappa shape index (κ1) is 26.3. The van der Waals surface area contributed by atoms with Crippen molar-refractivity contribution < 1.29 is 19.1 Å². The number of methoxy groups -OCH3 is 2. The second-order valence-electron chi connectivity index (χ2n) is 10.3. The molecule has 0 unspecified atom stereocenters. The standard InChI is InChI=1S/C26H42N2O4/c1-8-26(9-2)20-14-18(23(27)29)11-10-17(20)15-21(31-6)22(26)28-13-12-19(24(30)32-7)16-25(3,4)5/h10-11,14,19,21-22,28H,8-9,12-13,15-16H2,1-7H3,(H2,27,29)/t19-,21+,22+/m0/s1. The van der Waals surface area contributed by atoms with Crippen LogP contribution < -0.4 is 11.1 Å². The Kier molecular flexibility index (Phi) is 8.89. The minimum Gasteiger partial charge on any atom is -0.469 e. The molecule has 3 N–H and O–H groups in total. The molecule has 0 saturated carbocycles. The highest BCUT2D eigenvalue weighted by atomic mass is 16.5. The number of hydrogen-bond acceptors (Lipinski definition) is 5. The van der Waals surface area contributed by atoms with Gasteiger partial charge in [0.2, 0.25) is 5.91 Å². The molecular weight excluding hydrogens is 404 g/mol. The zero-order valence-corrected chi connectivity index (χ0v) is 20.9. The van der Waals surface area contributed by atoms with Crippen LogP contribution in [0.25, 0.3) is 0 Å². The summed E-state index contributed by atoms with van der Waals surface area (Å²) in [7, 11) is 3.22. The fraction of sp³-hybridized carbons (Fsp3) is 0.692. The number of primary amides is 1. The summed E-state index contributed by atoms with van der Waals surface area (Å²) in [5.74, 6) is -0.707. The predicted octanol–water partition coefficient (Wildman–Crippen LogP) is 3.99. The van der Waals surface area contributed by atoms with E-state index in [0.29, 0.717) is 18.5 Å². The van der Waals surface area contributed by atoms with Crippen LogP contribution in [0.4, 0.5) is 0 Å². The van der Waals surface area contributed by atoms with Crippen molar-refractivity contribution in [2.75, 3.05) is 20.8 Å². The van der Waals surface area contributed by atoms with Crippen LogP contribution in [0.3, 0.4) is 0 Å². The number of nitrogens with one attached hydrogen (secondary N) is 1. The van der Waals surface area contributed by atoms with Gasteiger partial charge in [-0.15, -0.1) is 0 Å². The summed E-state index contributed by atoms with van der Waals surface area (Å²) in [6.45, 7) is 11.5. The van der Waals surface area contributed by atoms with Crippen molar-refractivity contribution in [3.8, 4) is 0 Å². The van der Waals surface area contributed by atoms with Crippen LogP contribution in [-0.4, -0.2) is 44.8 Å². The Bertz CT molecular complexity index is 796. The van der Waals surface area contributed by atoms with Gasteiger partial charge in [-0.2, -0.15) is 0 Å². The molecule has 2 rings (SSSR count). The van der Waals surface area contributed by atoms with Gasteiger partial charge in [0, 0.05) is 30.6 Å². The third-order valence-corrected chi connectivity index (χ3v) is 7.13. The van der Waals surface area contributed by atoms with E-state index < -0.39 is 5.91 Å². The van der Waals surface area contributed by atoms with Crippen molar-refractivity contribution >= 4 is 11.9 Å². The molecule has 1 aliphatic carbocycles. The first-order valence-corrected chi connectivity index (χ1v) is 11.8. The second kappa shape index (κ2) is 10.8. The molecule has 0 heterocycles. The van der Waals surface area contributed by atoms with Crippen LogP contribution in [0.5, 0.6) is 0 Å². The van der Waals surface area contributed by atoms with E-state index in [1.807, 2.05) is 18.2 Å². The molecule has 1 amide bonds. The van der Waals surface area contributed by atoms with Crippen molar-refractivity contribution in [1.29, 1.82) is 0 Å². The molecule has 1 aromatic rings. The number of amides is 1.